The van der Waals surface area contributed by atoms with Gasteiger partial charge in [-0.1, -0.05) is 51.1 Å². The number of fused-ring (bicyclic) bond motifs is 7. The van der Waals surface area contributed by atoms with Crippen LogP contribution in [0.5, 0.6) is 0 Å². The summed E-state index contributed by atoms with van der Waals surface area (Å²) in [6, 6.07) is 13.2. The number of rotatable bonds is 0. The van der Waals surface area contributed by atoms with Gasteiger partial charge >= 0.3 is 0 Å². The molecule has 6 heteroatoms. The summed E-state index contributed by atoms with van der Waals surface area (Å²) < 4.78 is 2.33. The van der Waals surface area contributed by atoms with E-state index in [1.165, 1.54) is 10.6 Å². The zero-order valence-electron chi connectivity index (χ0n) is 17.6. The van der Waals surface area contributed by atoms with E-state index in [0.29, 0.717) is 16.5 Å². The quantitative estimate of drug-likeness (QED) is 0.289. The van der Waals surface area contributed by atoms with Crippen molar-refractivity contribution in [2.75, 3.05) is 0 Å². The molecule has 0 aliphatic rings. The molecule has 0 spiro atoms. The molecule has 0 N–H and O–H groups in total. The number of aromatic nitrogens is 2. The lowest BCUT2D eigenvalue weighted by Gasteiger charge is -2.20. The third kappa shape index (κ3) is 2.45. The van der Waals surface area contributed by atoms with Crippen molar-refractivity contribution in [3.8, 4) is 0 Å². The fourth-order valence-electron chi connectivity index (χ4n) is 4.46. The molecule has 0 saturated carbocycles. The lowest BCUT2D eigenvalue weighted by Crippen LogP contribution is -2.35. The van der Waals surface area contributed by atoms with Crippen molar-refractivity contribution in [2.24, 2.45) is 0 Å². The molecule has 5 rings (SSSR count). The molecule has 5 aromatic rings. The average molecular weight is 412 g/mol. The Labute approximate surface area is 175 Å². The Morgan fingerprint density at radius 3 is 1.84 bits per heavy atom. The van der Waals surface area contributed by atoms with Crippen molar-refractivity contribution >= 4 is 32.6 Å². The standard InChI is InChI=1S/C25H20N2O4/c1-13-8-7-11-16-19-21(18(28)12-17(22(19)29)25(2,3)4)27-24(31)15-10-6-5-9-14(15)23(30)26(27)20(13)16/h5-12H,1-4H3. The van der Waals surface area contributed by atoms with Crippen molar-refractivity contribution in [1.82, 2.24) is 9.03 Å². The van der Waals surface area contributed by atoms with E-state index in [-0.39, 0.29) is 27.1 Å². The van der Waals surface area contributed by atoms with Gasteiger partial charge in [0.05, 0.1) is 21.7 Å². The topological polar surface area (TPSA) is 77.1 Å². The van der Waals surface area contributed by atoms with Gasteiger partial charge in [-0.25, -0.2) is 9.03 Å². The number of benzene rings is 3. The summed E-state index contributed by atoms with van der Waals surface area (Å²) in [6.07, 6.45) is 0. The summed E-state index contributed by atoms with van der Waals surface area (Å²) in [7, 11) is 0. The molecule has 31 heavy (non-hydrogen) atoms. The molecule has 0 bridgehead atoms. The summed E-state index contributed by atoms with van der Waals surface area (Å²) in [4.78, 5) is 54.0. The monoisotopic (exact) mass is 412 g/mol. The second kappa shape index (κ2) is 6.11. The minimum atomic E-state index is -0.555. The highest BCUT2D eigenvalue weighted by molar-refractivity contribution is 6.05. The molecule has 0 aliphatic carbocycles. The summed E-state index contributed by atoms with van der Waals surface area (Å²) in [6.45, 7) is 7.42. The van der Waals surface area contributed by atoms with Gasteiger partial charge in [-0.3, -0.25) is 19.2 Å². The fraction of sp³-hybridized carbons (Fsp3) is 0.200. The third-order valence-corrected chi connectivity index (χ3v) is 5.93. The van der Waals surface area contributed by atoms with Crippen LogP contribution in [0.4, 0.5) is 0 Å². The second-order valence-corrected chi connectivity index (χ2v) is 8.98. The van der Waals surface area contributed by atoms with Crippen molar-refractivity contribution in [2.45, 2.75) is 33.1 Å². The molecule has 0 unspecified atom stereocenters. The normalized spacial score (nSPS) is 12.4. The average Bonchev–Trinajstić information content (AvgIpc) is 2.72. The predicted octanol–water partition coefficient (Wildman–Crippen LogP) is 2.98. The van der Waals surface area contributed by atoms with Crippen LogP contribution in [0.15, 0.2) is 67.7 Å². The van der Waals surface area contributed by atoms with E-state index >= 15 is 0 Å². The van der Waals surface area contributed by atoms with Crippen LogP contribution in [0.1, 0.15) is 31.9 Å². The zero-order chi connectivity index (χ0) is 22.2. The second-order valence-electron chi connectivity index (χ2n) is 8.98. The molecule has 0 fully saturated rings. The van der Waals surface area contributed by atoms with E-state index < -0.39 is 22.0 Å². The highest BCUT2D eigenvalue weighted by Gasteiger charge is 2.25. The number of hydrogen-bond donors (Lipinski definition) is 0. The first-order chi connectivity index (χ1) is 14.6. The van der Waals surface area contributed by atoms with E-state index in [2.05, 4.69) is 0 Å². The van der Waals surface area contributed by atoms with Gasteiger partial charge in [0.2, 0.25) is 5.43 Å². The Kier molecular flexibility index (Phi) is 3.78. The van der Waals surface area contributed by atoms with Gasteiger partial charge in [0.1, 0.15) is 5.52 Å². The van der Waals surface area contributed by atoms with Gasteiger partial charge in [-0.05, 0) is 36.1 Å². The van der Waals surface area contributed by atoms with Gasteiger partial charge in [0, 0.05) is 10.9 Å². The van der Waals surface area contributed by atoms with Gasteiger partial charge in [-0.15, -0.1) is 0 Å². The molecular weight excluding hydrogens is 392 g/mol. The minimum Gasteiger partial charge on any atom is -0.289 e. The Bertz CT molecular complexity index is 1810. The van der Waals surface area contributed by atoms with Crippen LogP contribution in [0, 0.1) is 6.92 Å². The van der Waals surface area contributed by atoms with Crippen LogP contribution in [-0.4, -0.2) is 9.03 Å². The van der Waals surface area contributed by atoms with Gasteiger partial charge in [0.15, 0.2) is 5.43 Å². The van der Waals surface area contributed by atoms with Crippen molar-refractivity contribution < 1.29 is 0 Å². The molecule has 154 valence electrons. The number of hydrogen-bond acceptors (Lipinski definition) is 4. The van der Waals surface area contributed by atoms with Crippen LogP contribution in [0.3, 0.4) is 0 Å². The summed E-state index contributed by atoms with van der Waals surface area (Å²) in [5.41, 5.74) is -0.747. The summed E-state index contributed by atoms with van der Waals surface area (Å²) in [5.74, 6) is 0. The molecule has 2 aromatic heterocycles. The first kappa shape index (κ1) is 19.2. The van der Waals surface area contributed by atoms with Crippen molar-refractivity contribution in [3.05, 3.63) is 101 Å². The molecule has 0 aliphatic heterocycles. The Balaban J connectivity index is 2.32. The van der Waals surface area contributed by atoms with Crippen LogP contribution in [0.25, 0.3) is 32.6 Å². The Morgan fingerprint density at radius 2 is 1.26 bits per heavy atom. The molecular formula is C25H20N2O4. The van der Waals surface area contributed by atoms with E-state index in [9.17, 15) is 19.2 Å². The highest BCUT2D eigenvalue weighted by Crippen LogP contribution is 2.26. The molecule has 0 saturated heterocycles. The molecule has 2 heterocycles. The maximum atomic E-state index is 13.6. The largest absolute Gasteiger partial charge is 0.289 e. The van der Waals surface area contributed by atoms with Crippen molar-refractivity contribution in [1.29, 1.82) is 0 Å². The van der Waals surface area contributed by atoms with Gasteiger partial charge < -0.3 is 0 Å². The van der Waals surface area contributed by atoms with Crippen molar-refractivity contribution in [3.63, 3.8) is 0 Å². The molecule has 3 aromatic carbocycles. The van der Waals surface area contributed by atoms with E-state index in [4.69, 9.17) is 0 Å². The van der Waals surface area contributed by atoms with E-state index in [0.717, 1.165) is 10.1 Å². The minimum absolute atomic E-state index is 0.0658. The zero-order valence-corrected chi connectivity index (χ0v) is 17.6. The number of para-hydroxylation sites is 1. The maximum Gasteiger partial charge on any atom is 0.278 e. The van der Waals surface area contributed by atoms with E-state index in [1.807, 2.05) is 33.8 Å². The highest BCUT2D eigenvalue weighted by atomic mass is 16.2. The lowest BCUT2D eigenvalue weighted by atomic mass is 9.85. The van der Waals surface area contributed by atoms with Crippen LogP contribution < -0.4 is 22.0 Å². The Morgan fingerprint density at radius 1 is 0.710 bits per heavy atom. The van der Waals surface area contributed by atoms with Crippen LogP contribution in [-0.2, 0) is 5.41 Å². The molecule has 0 amide bonds. The summed E-state index contributed by atoms with van der Waals surface area (Å²) >= 11 is 0. The number of aryl methyl sites for hydroxylation is 1. The molecule has 6 nitrogen and oxygen atoms in total. The summed E-state index contributed by atoms with van der Waals surface area (Å²) in [5, 5.41) is 1.13. The van der Waals surface area contributed by atoms with Gasteiger partial charge in [-0.2, -0.15) is 0 Å². The smallest absolute Gasteiger partial charge is 0.278 e. The maximum absolute atomic E-state index is 13.6. The fourth-order valence-corrected chi connectivity index (χ4v) is 4.46. The SMILES string of the molecule is Cc1cccc2c3c(=O)c(C(C)(C)C)cc(=O)c3n3c(=O)c4ccccc4c(=O)n3c12. The van der Waals surface area contributed by atoms with Crippen LogP contribution >= 0.6 is 0 Å². The first-order valence-electron chi connectivity index (χ1n) is 10.1. The Hall–Kier alpha value is -3.80. The van der Waals surface area contributed by atoms with Crippen LogP contribution in [0.2, 0.25) is 0 Å². The van der Waals surface area contributed by atoms with E-state index in [1.54, 1.807) is 36.4 Å². The molecule has 0 atom stereocenters. The first-order valence-corrected chi connectivity index (χ1v) is 10.1. The number of nitrogens with zero attached hydrogens (tertiary/aromatic N) is 2. The predicted molar refractivity (Wildman–Crippen MR) is 123 cm³/mol. The molecule has 0 radical (unpaired) electrons. The van der Waals surface area contributed by atoms with Gasteiger partial charge in [0.25, 0.3) is 11.1 Å². The lowest BCUT2D eigenvalue weighted by molar-refractivity contribution is 0.586. The third-order valence-electron chi connectivity index (χ3n) is 5.93.